The molecule has 0 N–H and O–H groups in total. The fourth-order valence-corrected chi connectivity index (χ4v) is 5.11. The molecule has 1 unspecified atom stereocenters. The maximum atomic E-state index is 12.7. The molecule has 1 heterocycles. The molecule has 1 aliphatic heterocycles. The third-order valence-electron chi connectivity index (χ3n) is 4.69. The molecule has 0 radical (unpaired) electrons. The van der Waals surface area contributed by atoms with Crippen LogP contribution in [-0.4, -0.2) is 38.4 Å². The maximum absolute atomic E-state index is 12.7. The molecular weight excluding hydrogens is 378 g/mol. The van der Waals surface area contributed by atoms with Gasteiger partial charge in [0.1, 0.15) is 0 Å². The van der Waals surface area contributed by atoms with Gasteiger partial charge in [-0.15, -0.1) is 0 Å². The molecule has 6 nitrogen and oxygen atoms in total. The Morgan fingerprint density at radius 2 is 1.64 bits per heavy atom. The number of benzene rings is 2. The summed E-state index contributed by atoms with van der Waals surface area (Å²) in [5, 5.41) is 0. The molecule has 0 spiro atoms. The Kier molecular flexibility index (Phi) is 6.46. The molecule has 1 atom stereocenters. The Balaban J connectivity index is 1.60. The number of esters is 1. The maximum Gasteiger partial charge on any atom is 0.306 e. The number of anilines is 1. The highest BCUT2D eigenvalue weighted by Gasteiger charge is 2.30. The Bertz CT molecular complexity index is 912. The summed E-state index contributed by atoms with van der Waals surface area (Å²) in [4.78, 5) is 26.4. The zero-order valence-corrected chi connectivity index (χ0v) is 16.3. The Morgan fingerprint density at radius 3 is 2.25 bits per heavy atom. The highest BCUT2D eigenvalue weighted by molar-refractivity contribution is 7.91. The molecule has 2 aromatic rings. The van der Waals surface area contributed by atoms with Crippen LogP contribution in [0.2, 0.25) is 0 Å². The number of sulfone groups is 1. The van der Waals surface area contributed by atoms with Gasteiger partial charge in [0.05, 0.1) is 18.1 Å². The van der Waals surface area contributed by atoms with Crippen LogP contribution < -0.4 is 4.90 Å². The van der Waals surface area contributed by atoms with Crippen molar-refractivity contribution in [3.8, 4) is 0 Å². The van der Waals surface area contributed by atoms with Crippen molar-refractivity contribution in [2.75, 3.05) is 23.0 Å². The van der Waals surface area contributed by atoms with Gasteiger partial charge in [0, 0.05) is 12.1 Å². The number of hydrogen-bond acceptors (Lipinski definition) is 5. The summed E-state index contributed by atoms with van der Waals surface area (Å²) in [6.45, 7) is -0.0118. The lowest BCUT2D eigenvalue weighted by Gasteiger charge is -2.23. The van der Waals surface area contributed by atoms with E-state index in [1.807, 2.05) is 60.7 Å². The molecule has 148 valence electrons. The molecule has 3 rings (SSSR count). The van der Waals surface area contributed by atoms with Gasteiger partial charge >= 0.3 is 5.97 Å². The lowest BCUT2D eigenvalue weighted by molar-refractivity contribution is -0.148. The van der Waals surface area contributed by atoms with Crippen molar-refractivity contribution in [3.63, 3.8) is 0 Å². The van der Waals surface area contributed by atoms with E-state index in [2.05, 4.69) is 0 Å². The van der Waals surface area contributed by atoms with Gasteiger partial charge in [0.25, 0.3) is 5.91 Å². The number of nitrogens with zero attached hydrogens (tertiary/aromatic N) is 1. The largest absolute Gasteiger partial charge is 0.456 e. The van der Waals surface area contributed by atoms with Crippen LogP contribution in [0.15, 0.2) is 60.7 Å². The van der Waals surface area contributed by atoms with Crippen molar-refractivity contribution in [1.82, 2.24) is 0 Å². The predicted molar refractivity (Wildman–Crippen MR) is 106 cm³/mol. The van der Waals surface area contributed by atoms with Crippen LogP contribution in [0, 0.1) is 5.92 Å². The van der Waals surface area contributed by atoms with Crippen LogP contribution in [-0.2, 0) is 30.7 Å². The van der Waals surface area contributed by atoms with Crippen LogP contribution in [0.4, 0.5) is 5.69 Å². The van der Waals surface area contributed by atoms with Crippen LogP contribution in [0.1, 0.15) is 18.4 Å². The van der Waals surface area contributed by atoms with E-state index in [0.717, 1.165) is 5.56 Å². The lowest BCUT2D eigenvalue weighted by Crippen LogP contribution is -2.34. The molecule has 28 heavy (non-hydrogen) atoms. The van der Waals surface area contributed by atoms with Crippen molar-refractivity contribution in [2.45, 2.75) is 19.4 Å². The van der Waals surface area contributed by atoms with E-state index in [1.165, 1.54) is 0 Å². The van der Waals surface area contributed by atoms with Crippen LogP contribution in [0.3, 0.4) is 0 Å². The van der Waals surface area contributed by atoms with Gasteiger partial charge in [0.2, 0.25) is 0 Å². The summed E-state index contributed by atoms with van der Waals surface area (Å²) in [5.41, 5.74) is 1.68. The minimum absolute atomic E-state index is 0.0141. The summed E-state index contributed by atoms with van der Waals surface area (Å²) < 4.78 is 28.1. The first-order valence-electron chi connectivity index (χ1n) is 9.18. The van der Waals surface area contributed by atoms with Crippen molar-refractivity contribution in [2.24, 2.45) is 5.92 Å². The van der Waals surface area contributed by atoms with Gasteiger partial charge in [-0.25, -0.2) is 8.42 Å². The van der Waals surface area contributed by atoms with Gasteiger partial charge in [-0.1, -0.05) is 48.5 Å². The zero-order valence-electron chi connectivity index (χ0n) is 15.5. The zero-order chi connectivity index (χ0) is 20.0. The molecule has 1 aliphatic rings. The van der Waals surface area contributed by atoms with Gasteiger partial charge in [-0.3, -0.25) is 9.59 Å². The summed E-state index contributed by atoms with van der Waals surface area (Å²) in [6.07, 6.45) is 0.492. The fourth-order valence-electron chi connectivity index (χ4n) is 3.25. The van der Waals surface area contributed by atoms with Crippen LogP contribution >= 0.6 is 0 Å². The topological polar surface area (TPSA) is 80.7 Å². The molecule has 1 fully saturated rings. The molecule has 0 aromatic heterocycles. The summed E-state index contributed by atoms with van der Waals surface area (Å²) in [7, 11) is -3.04. The van der Waals surface area contributed by atoms with E-state index in [9.17, 15) is 18.0 Å². The number of carbonyl (C=O) groups excluding carboxylic acids is 2. The SMILES string of the molecule is O=C(CC1CCS(=O)(=O)C1)OCC(=O)N(Cc1ccccc1)c1ccccc1. The molecule has 1 saturated heterocycles. The van der Waals surface area contributed by atoms with Gasteiger partial charge < -0.3 is 9.64 Å². The second-order valence-electron chi connectivity index (χ2n) is 6.93. The van der Waals surface area contributed by atoms with Gasteiger partial charge in [0.15, 0.2) is 16.4 Å². The van der Waals surface area contributed by atoms with Crippen LogP contribution in [0.25, 0.3) is 0 Å². The molecule has 1 amide bonds. The molecular formula is C21H23NO5S. The molecule has 2 aromatic carbocycles. The quantitative estimate of drug-likeness (QED) is 0.666. The summed E-state index contributed by atoms with van der Waals surface area (Å²) >= 11 is 0. The van der Waals surface area contributed by atoms with Crippen LogP contribution in [0.5, 0.6) is 0 Å². The third-order valence-corrected chi connectivity index (χ3v) is 6.53. The van der Waals surface area contributed by atoms with Crippen molar-refractivity contribution in [1.29, 1.82) is 0 Å². The number of carbonyl (C=O) groups is 2. The van der Waals surface area contributed by atoms with Crippen molar-refractivity contribution >= 4 is 27.4 Å². The van der Waals surface area contributed by atoms with E-state index in [-0.39, 0.29) is 36.4 Å². The monoisotopic (exact) mass is 401 g/mol. The number of rotatable bonds is 7. The van der Waals surface area contributed by atoms with E-state index >= 15 is 0 Å². The number of ether oxygens (including phenoxy) is 1. The van der Waals surface area contributed by atoms with Gasteiger partial charge in [-0.05, 0) is 30.0 Å². The summed E-state index contributed by atoms with van der Waals surface area (Å²) in [5.74, 6) is -0.962. The minimum Gasteiger partial charge on any atom is -0.456 e. The number of amides is 1. The smallest absolute Gasteiger partial charge is 0.306 e. The van der Waals surface area contributed by atoms with E-state index in [4.69, 9.17) is 4.74 Å². The predicted octanol–water partition coefficient (Wildman–Crippen LogP) is 2.59. The Hall–Kier alpha value is -2.67. The van der Waals surface area contributed by atoms with E-state index in [0.29, 0.717) is 18.7 Å². The summed E-state index contributed by atoms with van der Waals surface area (Å²) in [6, 6.07) is 18.8. The Labute approximate surface area is 165 Å². The lowest BCUT2D eigenvalue weighted by atomic mass is 10.1. The second kappa shape index (κ2) is 9.01. The highest BCUT2D eigenvalue weighted by Crippen LogP contribution is 2.22. The van der Waals surface area contributed by atoms with E-state index in [1.54, 1.807) is 4.90 Å². The average Bonchev–Trinajstić information content (AvgIpc) is 3.04. The molecule has 0 aliphatic carbocycles. The normalized spacial score (nSPS) is 17.8. The van der Waals surface area contributed by atoms with Crippen molar-refractivity contribution < 1.29 is 22.7 Å². The second-order valence-corrected chi connectivity index (χ2v) is 9.16. The fraction of sp³-hybridized carbons (Fsp3) is 0.333. The van der Waals surface area contributed by atoms with E-state index < -0.39 is 15.8 Å². The first-order valence-corrected chi connectivity index (χ1v) is 11.0. The molecule has 0 saturated carbocycles. The van der Waals surface area contributed by atoms with Gasteiger partial charge in [-0.2, -0.15) is 0 Å². The first-order chi connectivity index (χ1) is 13.4. The first kappa shape index (κ1) is 20.1. The Morgan fingerprint density at radius 1 is 1.00 bits per heavy atom. The number of hydrogen-bond donors (Lipinski definition) is 0. The molecule has 7 heteroatoms. The minimum atomic E-state index is -3.04. The number of para-hydroxylation sites is 1. The standard InChI is InChI=1S/C21H23NO5S/c23-20(15-27-21(24)13-18-11-12-28(25,26)16-18)22(19-9-5-2-6-10-19)14-17-7-3-1-4-8-17/h1-10,18H,11-16H2. The third kappa shape index (κ3) is 5.66. The highest BCUT2D eigenvalue weighted by atomic mass is 32.2. The average molecular weight is 401 g/mol. The molecule has 0 bridgehead atoms. The van der Waals surface area contributed by atoms with Crippen molar-refractivity contribution in [3.05, 3.63) is 66.2 Å².